The molecular formula is C21H27N3O3S. The fourth-order valence-corrected chi connectivity index (χ4v) is 4.76. The molecule has 1 atom stereocenters. The zero-order valence-corrected chi connectivity index (χ0v) is 17.7. The van der Waals surface area contributed by atoms with Crippen molar-refractivity contribution < 1.29 is 13.2 Å². The van der Waals surface area contributed by atoms with Crippen molar-refractivity contribution >= 4 is 20.9 Å². The van der Waals surface area contributed by atoms with Gasteiger partial charge in [0.05, 0.1) is 7.11 Å². The number of nitrogens with zero attached hydrogens (tertiary/aromatic N) is 2. The molecule has 150 valence electrons. The van der Waals surface area contributed by atoms with Crippen molar-refractivity contribution in [2.45, 2.75) is 17.9 Å². The minimum absolute atomic E-state index is 0.114. The number of hydrogen-bond donors (Lipinski definition) is 1. The highest BCUT2D eigenvalue weighted by molar-refractivity contribution is 7.89. The topological polar surface area (TPSA) is 63.6 Å². The van der Waals surface area contributed by atoms with Gasteiger partial charge in [-0.3, -0.25) is 0 Å². The maximum Gasteiger partial charge on any atom is 0.244 e. The van der Waals surface area contributed by atoms with Crippen molar-refractivity contribution in [2.24, 2.45) is 7.05 Å². The average Bonchev–Trinajstić information content (AvgIpc) is 2.98. The molecule has 1 N–H and O–H groups in total. The smallest absolute Gasteiger partial charge is 0.244 e. The number of benzene rings is 2. The molecule has 0 aliphatic carbocycles. The third-order valence-corrected chi connectivity index (χ3v) is 6.43. The van der Waals surface area contributed by atoms with Gasteiger partial charge in [0, 0.05) is 36.7 Å². The molecule has 1 aromatic heterocycles. The van der Waals surface area contributed by atoms with Crippen molar-refractivity contribution in [3.63, 3.8) is 0 Å². The number of para-hydroxylation sites is 1. The summed E-state index contributed by atoms with van der Waals surface area (Å²) >= 11 is 0. The second-order valence-electron chi connectivity index (χ2n) is 7.20. The Morgan fingerprint density at radius 3 is 2.57 bits per heavy atom. The molecule has 0 saturated carbocycles. The van der Waals surface area contributed by atoms with Gasteiger partial charge in [0.15, 0.2) is 0 Å². The summed E-state index contributed by atoms with van der Waals surface area (Å²) in [4.78, 5) is 2.18. The molecule has 2 aromatic carbocycles. The van der Waals surface area contributed by atoms with E-state index in [9.17, 15) is 8.42 Å². The first kappa shape index (κ1) is 20.4. The lowest BCUT2D eigenvalue weighted by Crippen LogP contribution is -2.34. The maximum atomic E-state index is 13.0. The van der Waals surface area contributed by atoms with Gasteiger partial charge in [-0.2, -0.15) is 0 Å². The lowest BCUT2D eigenvalue weighted by atomic mass is 10.1. The molecule has 3 aromatic rings. The van der Waals surface area contributed by atoms with Gasteiger partial charge in [0.1, 0.15) is 10.6 Å². The first-order valence-electron chi connectivity index (χ1n) is 9.09. The van der Waals surface area contributed by atoms with Gasteiger partial charge >= 0.3 is 0 Å². The second kappa shape index (κ2) is 7.95. The molecule has 7 heteroatoms. The number of sulfonamides is 1. The van der Waals surface area contributed by atoms with Crippen LogP contribution in [0.25, 0.3) is 10.9 Å². The molecule has 0 amide bonds. The van der Waals surface area contributed by atoms with Crippen molar-refractivity contribution in [3.8, 4) is 5.75 Å². The van der Waals surface area contributed by atoms with Crippen LogP contribution in [0.15, 0.2) is 53.6 Å². The van der Waals surface area contributed by atoms with Crippen LogP contribution < -0.4 is 9.46 Å². The van der Waals surface area contributed by atoms with E-state index in [1.807, 2.05) is 51.2 Å². The molecule has 0 aliphatic heterocycles. The molecule has 1 heterocycles. The number of nitrogens with one attached hydrogen (secondary N) is 1. The summed E-state index contributed by atoms with van der Waals surface area (Å²) in [6.07, 6.45) is 2.07. The quantitative estimate of drug-likeness (QED) is 0.661. The predicted octanol–water partition coefficient (Wildman–Crippen LogP) is 3.08. The van der Waals surface area contributed by atoms with E-state index in [1.165, 1.54) is 7.11 Å². The lowest BCUT2D eigenvalue weighted by Gasteiger charge is -2.24. The number of ether oxygens (including phenoxy) is 1. The number of likely N-dealkylation sites (N-methyl/N-ethyl adjacent to an activating group) is 1. The van der Waals surface area contributed by atoms with Gasteiger partial charge < -0.3 is 14.2 Å². The van der Waals surface area contributed by atoms with E-state index < -0.39 is 10.0 Å². The molecule has 3 rings (SSSR count). The standard InChI is InChI=1S/C21H27N3O3S/c1-15-10-11-20(27-5)21(12-15)28(25,26)22-13-19(23(2)3)17-14-24(4)18-9-7-6-8-16(17)18/h6-12,14,19,22H,13H2,1-5H3. The Labute approximate surface area is 166 Å². The lowest BCUT2D eigenvalue weighted by molar-refractivity contribution is 0.300. The van der Waals surface area contributed by atoms with E-state index in [0.29, 0.717) is 5.75 Å². The number of hydrogen-bond acceptors (Lipinski definition) is 4. The highest BCUT2D eigenvalue weighted by Crippen LogP contribution is 2.29. The van der Waals surface area contributed by atoms with Crippen LogP contribution >= 0.6 is 0 Å². The second-order valence-corrected chi connectivity index (χ2v) is 8.93. The van der Waals surface area contributed by atoms with E-state index in [0.717, 1.165) is 22.0 Å². The van der Waals surface area contributed by atoms with Crippen molar-refractivity contribution in [1.29, 1.82) is 0 Å². The Hall–Kier alpha value is -2.35. The summed E-state index contributed by atoms with van der Waals surface area (Å²) in [6, 6.07) is 13.2. The summed E-state index contributed by atoms with van der Waals surface area (Å²) in [6.45, 7) is 2.11. The zero-order valence-electron chi connectivity index (χ0n) is 16.9. The van der Waals surface area contributed by atoms with E-state index in [4.69, 9.17) is 4.74 Å². The minimum atomic E-state index is -3.72. The molecule has 0 radical (unpaired) electrons. The van der Waals surface area contributed by atoms with Gasteiger partial charge in [0.25, 0.3) is 0 Å². The molecule has 0 spiro atoms. The van der Waals surface area contributed by atoms with E-state index in [1.54, 1.807) is 12.1 Å². The number of methoxy groups -OCH3 is 1. The maximum absolute atomic E-state index is 13.0. The van der Waals surface area contributed by atoms with Crippen LogP contribution in [0, 0.1) is 6.92 Å². The normalized spacial score (nSPS) is 13.2. The Bertz CT molecular complexity index is 1090. The Morgan fingerprint density at radius 2 is 1.89 bits per heavy atom. The van der Waals surface area contributed by atoms with E-state index in [2.05, 4.69) is 27.6 Å². The molecule has 0 aliphatic rings. The van der Waals surface area contributed by atoms with Gasteiger partial charge in [-0.15, -0.1) is 0 Å². The Kier molecular flexibility index (Phi) is 5.79. The third-order valence-electron chi connectivity index (χ3n) is 4.99. The fraction of sp³-hybridized carbons (Fsp3) is 0.333. The Morgan fingerprint density at radius 1 is 1.18 bits per heavy atom. The molecule has 28 heavy (non-hydrogen) atoms. The number of aromatic nitrogens is 1. The average molecular weight is 402 g/mol. The summed E-state index contributed by atoms with van der Waals surface area (Å²) < 4.78 is 36.0. The number of rotatable bonds is 7. The monoisotopic (exact) mass is 401 g/mol. The van der Waals surface area contributed by atoms with Crippen molar-refractivity contribution in [2.75, 3.05) is 27.7 Å². The molecular weight excluding hydrogens is 374 g/mol. The molecule has 0 bridgehead atoms. The number of fused-ring (bicyclic) bond motifs is 1. The summed E-state index contributed by atoms with van der Waals surface area (Å²) in [5.41, 5.74) is 3.06. The molecule has 0 saturated heterocycles. The molecule has 6 nitrogen and oxygen atoms in total. The first-order valence-corrected chi connectivity index (χ1v) is 10.6. The van der Waals surface area contributed by atoms with Crippen LogP contribution in [0.2, 0.25) is 0 Å². The van der Waals surface area contributed by atoms with Crippen LogP contribution in [-0.4, -0.2) is 45.6 Å². The van der Waals surface area contributed by atoms with Crippen LogP contribution in [0.1, 0.15) is 17.2 Å². The third kappa shape index (κ3) is 3.92. The van der Waals surface area contributed by atoms with E-state index in [-0.39, 0.29) is 17.5 Å². The highest BCUT2D eigenvalue weighted by atomic mass is 32.2. The first-order chi connectivity index (χ1) is 13.2. The summed E-state index contributed by atoms with van der Waals surface area (Å²) in [7, 11) is 3.66. The van der Waals surface area contributed by atoms with Crippen LogP contribution in [0.3, 0.4) is 0 Å². The summed E-state index contributed by atoms with van der Waals surface area (Å²) in [5, 5.41) is 1.12. The van der Waals surface area contributed by atoms with Crippen molar-refractivity contribution in [3.05, 3.63) is 59.8 Å². The van der Waals surface area contributed by atoms with Crippen LogP contribution in [0.4, 0.5) is 0 Å². The molecule has 0 fully saturated rings. The highest BCUT2D eigenvalue weighted by Gasteiger charge is 2.24. The fourth-order valence-electron chi connectivity index (χ4n) is 3.47. The Balaban J connectivity index is 1.93. The van der Waals surface area contributed by atoms with E-state index >= 15 is 0 Å². The molecule has 1 unspecified atom stereocenters. The van der Waals surface area contributed by atoms with Gasteiger partial charge in [-0.1, -0.05) is 24.3 Å². The zero-order chi connectivity index (χ0) is 20.5. The summed E-state index contributed by atoms with van der Waals surface area (Å²) in [5.74, 6) is 0.338. The van der Waals surface area contributed by atoms with Crippen LogP contribution in [0.5, 0.6) is 5.75 Å². The van der Waals surface area contributed by atoms with Gasteiger partial charge in [-0.25, -0.2) is 13.1 Å². The number of aryl methyl sites for hydroxylation is 2. The predicted molar refractivity (Wildman–Crippen MR) is 112 cm³/mol. The van der Waals surface area contributed by atoms with Gasteiger partial charge in [0.2, 0.25) is 10.0 Å². The van der Waals surface area contributed by atoms with Crippen LogP contribution in [-0.2, 0) is 17.1 Å². The van der Waals surface area contributed by atoms with Crippen molar-refractivity contribution in [1.82, 2.24) is 14.2 Å². The largest absolute Gasteiger partial charge is 0.495 e. The minimum Gasteiger partial charge on any atom is -0.495 e. The SMILES string of the molecule is COc1ccc(C)cc1S(=O)(=O)NCC(c1cn(C)c2ccccc12)N(C)C. The van der Waals surface area contributed by atoms with Gasteiger partial charge in [-0.05, 0) is 50.3 Å².